The van der Waals surface area contributed by atoms with Crippen LogP contribution in [0.1, 0.15) is 36.5 Å². The summed E-state index contributed by atoms with van der Waals surface area (Å²) in [6, 6.07) is 11.5. The van der Waals surface area contributed by atoms with Crippen molar-refractivity contribution in [2.45, 2.75) is 32.2 Å². The molecule has 126 valence electrons. The number of hydrogen-bond acceptors (Lipinski definition) is 3. The number of rotatable bonds is 3. The number of nitrogens with two attached hydrogens (primary N) is 1. The number of amides is 1. The zero-order valence-corrected chi connectivity index (χ0v) is 13.8. The van der Waals surface area contributed by atoms with E-state index in [1.807, 2.05) is 12.1 Å². The molecule has 3 rings (SSSR count). The fraction of sp³-hybridized carbons (Fsp3) is 0.316. The van der Waals surface area contributed by atoms with Gasteiger partial charge in [-0.1, -0.05) is 0 Å². The highest BCUT2D eigenvalue weighted by atomic mass is 19.1. The largest absolute Gasteiger partial charge is 0.397 e. The lowest BCUT2D eigenvalue weighted by atomic mass is 10.0. The van der Waals surface area contributed by atoms with Gasteiger partial charge in [-0.3, -0.25) is 4.79 Å². The van der Waals surface area contributed by atoms with Crippen molar-refractivity contribution in [1.29, 1.82) is 0 Å². The van der Waals surface area contributed by atoms with Crippen LogP contribution in [0.2, 0.25) is 0 Å². The quantitative estimate of drug-likeness (QED) is 0.837. The Morgan fingerprint density at radius 3 is 2.62 bits per heavy atom. The number of nitrogens with one attached hydrogen (secondary N) is 1. The maximum absolute atomic E-state index is 12.9. The number of anilines is 3. The van der Waals surface area contributed by atoms with Gasteiger partial charge < -0.3 is 16.0 Å². The molecule has 2 aromatic rings. The molecule has 1 fully saturated rings. The highest BCUT2D eigenvalue weighted by Crippen LogP contribution is 2.31. The Labute approximate surface area is 141 Å². The van der Waals surface area contributed by atoms with Gasteiger partial charge in [0, 0.05) is 23.8 Å². The molecule has 5 heteroatoms. The molecule has 1 aliphatic heterocycles. The summed E-state index contributed by atoms with van der Waals surface area (Å²) in [5.41, 5.74) is 8.92. The molecule has 0 aromatic heterocycles. The highest BCUT2D eigenvalue weighted by molar-refractivity contribution is 6.04. The van der Waals surface area contributed by atoms with Crippen LogP contribution in [-0.4, -0.2) is 18.5 Å². The van der Waals surface area contributed by atoms with E-state index in [1.165, 1.54) is 43.5 Å². The normalized spacial score (nSPS) is 17.6. The van der Waals surface area contributed by atoms with E-state index in [0.29, 0.717) is 23.0 Å². The number of nitrogen functional groups attached to an aromatic ring is 1. The van der Waals surface area contributed by atoms with Crippen LogP contribution < -0.4 is 16.0 Å². The van der Waals surface area contributed by atoms with E-state index in [4.69, 9.17) is 5.73 Å². The van der Waals surface area contributed by atoms with E-state index >= 15 is 0 Å². The Morgan fingerprint density at radius 2 is 1.96 bits per heavy atom. The molecule has 0 aliphatic carbocycles. The Hall–Kier alpha value is -2.56. The Balaban J connectivity index is 1.74. The lowest BCUT2D eigenvalue weighted by Gasteiger charge is -2.36. The molecule has 1 atom stereocenters. The molecular weight excluding hydrogens is 305 g/mol. The van der Waals surface area contributed by atoms with Crippen molar-refractivity contribution in [2.24, 2.45) is 0 Å². The van der Waals surface area contributed by atoms with Crippen LogP contribution in [0.25, 0.3) is 0 Å². The van der Waals surface area contributed by atoms with Gasteiger partial charge in [0.1, 0.15) is 5.82 Å². The van der Waals surface area contributed by atoms with E-state index in [1.54, 1.807) is 6.07 Å². The minimum Gasteiger partial charge on any atom is -0.397 e. The van der Waals surface area contributed by atoms with Gasteiger partial charge in [-0.05, 0) is 68.7 Å². The number of halogens is 1. The van der Waals surface area contributed by atoms with Gasteiger partial charge in [0.25, 0.3) is 5.91 Å². The molecule has 1 heterocycles. The Morgan fingerprint density at radius 1 is 1.21 bits per heavy atom. The minimum atomic E-state index is -0.365. The van der Waals surface area contributed by atoms with Crippen LogP contribution in [0.5, 0.6) is 0 Å². The number of hydrogen-bond donors (Lipinski definition) is 2. The monoisotopic (exact) mass is 327 g/mol. The SMILES string of the molecule is C[C@H]1CCCCN1c1ccc(NC(=O)c2ccc(F)cc2)cc1N. The summed E-state index contributed by atoms with van der Waals surface area (Å²) in [5, 5.41) is 2.80. The average molecular weight is 327 g/mol. The van der Waals surface area contributed by atoms with Crippen molar-refractivity contribution in [3.63, 3.8) is 0 Å². The first-order valence-corrected chi connectivity index (χ1v) is 8.27. The highest BCUT2D eigenvalue weighted by Gasteiger charge is 2.20. The maximum Gasteiger partial charge on any atom is 0.255 e. The fourth-order valence-electron chi connectivity index (χ4n) is 3.15. The second-order valence-electron chi connectivity index (χ2n) is 6.27. The Kier molecular flexibility index (Phi) is 4.69. The molecule has 0 saturated carbocycles. The maximum atomic E-state index is 12.9. The smallest absolute Gasteiger partial charge is 0.255 e. The summed E-state index contributed by atoms with van der Waals surface area (Å²) >= 11 is 0. The first-order valence-electron chi connectivity index (χ1n) is 8.27. The topological polar surface area (TPSA) is 58.4 Å². The average Bonchev–Trinajstić information content (AvgIpc) is 2.56. The summed E-state index contributed by atoms with van der Waals surface area (Å²) in [6.07, 6.45) is 3.60. The van der Waals surface area contributed by atoms with Crippen molar-refractivity contribution in [2.75, 3.05) is 22.5 Å². The lowest BCUT2D eigenvalue weighted by Crippen LogP contribution is -2.37. The van der Waals surface area contributed by atoms with E-state index in [0.717, 1.165) is 12.2 Å². The summed E-state index contributed by atoms with van der Waals surface area (Å²) in [6.45, 7) is 3.22. The van der Waals surface area contributed by atoms with Gasteiger partial charge in [-0.2, -0.15) is 0 Å². The molecule has 24 heavy (non-hydrogen) atoms. The van der Waals surface area contributed by atoms with Gasteiger partial charge in [-0.25, -0.2) is 4.39 Å². The molecule has 2 aromatic carbocycles. The molecular formula is C19H22FN3O. The first-order chi connectivity index (χ1) is 11.5. The summed E-state index contributed by atoms with van der Waals surface area (Å²) in [5.74, 6) is -0.649. The van der Waals surface area contributed by atoms with E-state index in [2.05, 4.69) is 17.1 Å². The lowest BCUT2D eigenvalue weighted by molar-refractivity contribution is 0.102. The zero-order chi connectivity index (χ0) is 17.1. The van der Waals surface area contributed by atoms with Crippen LogP contribution in [0.4, 0.5) is 21.5 Å². The third-order valence-corrected chi connectivity index (χ3v) is 4.50. The van der Waals surface area contributed by atoms with Crippen LogP contribution in [0, 0.1) is 5.82 Å². The number of nitrogens with zero attached hydrogens (tertiary/aromatic N) is 1. The summed E-state index contributed by atoms with van der Waals surface area (Å²) < 4.78 is 12.9. The van der Waals surface area contributed by atoms with E-state index in [9.17, 15) is 9.18 Å². The number of benzene rings is 2. The van der Waals surface area contributed by atoms with Crippen molar-refractivity contribution in [3.8, 4) is 0 Å². The molecule has 4 nitrogen and oxygen atoms in total. The molecule has 1 aliphatic rings. The predicted octanol–water partition coefficient (Wildman–Crippen LogP) is 4.04. The standard InChI is InChI=1S/C19H22FN3O/c1-13-4-2-3-11-23(13)18-10-9-16(12-17(18)21)22-19(24)14-5-7-15(20)8-6-14/h5-10,12-13H,2-4,11,21H2,1H3,(H,22,24)/t13-/m0/s1. The molecule has 0 unspecified atom stereocenters. The summed E-state index contributed by atoms with van der Waals surface area (Å²) in [7, 11) is 0. The van der Waals surface area contributed by atoms with Crippen molar-refractivity contribution >= 4 is 23.0 Å². The van der Waals surface area contributed by atoms with Crippen LogP contribution >= 0.6 is 0 Å². The van der Waals surface area contributed by atoms with Gasteiger partial charge in [0.2, 0.25) is 0 Å². The Bertz CT molecular complexity index is 730. The number of carbonyl (C=O) groups excluding carboxylic acids is 1. The van der Waals surface area contributed by atoms with E-state index in [-0.39, 0.29) is 11.7 Å². The first kappa shape index (κ1) is 16.3. The summed E-state index contributed by atoms with van der Waals surface area (Å²) in [4.78, 5) is 14.5. The minimum absolute atomic E-state index is 0.284. The van der Waals surface area contributed by atoms with Crippen molar-refractivity contribution in [3.05, 3.63) is 53.8 Å². The third-order valence-electron chi connectivity index (χ3n) is 4.50. The molecule has 3 N–H and O–H groups in total. The van der Waals surface area contributed by atoms with E-state index < -0.39 is 0 Å². The van der Waals surface area contributed by atoms with Crippen LogP contribution in [0.15, 0.2) is 42.5 Å². The van der Waals surface area contributed by atoms with Gasteiger partial charge in [0.15, 0.2) is 0 Å². The molecule has 0 spiro atoms. The van der Waals surface area contributed by atoms with Gasteiger partial charge in [0.05, 0.1) is 11.4 Å². The van der Waals surface area contributed by atoms with Crippen molar-refractivity contribution in [1.82, 2.24) is 0 Å². The zero-order valence-electron chi connectivity index (χ0n) is 13.8. The molecule has 1 saturated heterocycles. The second-order valence-corrected chi connectivity index (χ2v) is 6.27. The van der Waals surface area contributed by atoms with Crippen molar-refractivity contribution < 1.29 is 9.18 Å². The van der Waals surface area contributed by atoms with Gasteiger partial charge in [-0.15, -0.1) is 0 Å². The second kappa shape index (κ2) is 6.91. The number of piperidine rings is 1. The van der Waals surface area contributed by atoms with Crippen LogP contribution in [-0.2, 0) is 0 Å². The molecule has 0 radical (unpaired) electrons. The molecule has 0 bridgehead atoms. The number of carbonyl (C=O) groups is 1. The molecule has 1 amide bonds. The fourth-order valence-corrected chi connectivity index (χ4v) is 3.15. The third kappa shape index (κ3) is 3.50. The predicted molar refractivity (Wildman–Crippen MR) is 95.9 cm³/mol. The van der Waals surface area contributed by atoms with Crippen LogP contribution in [0.3, 0.4) is 0 Å². The van der Waals surface area contributed by atoms with Gasteiger partial charge >= 0.3 is 0 Å².